The van der Waals surface area contributed by atoms with Crippen LogP contribution in [0.2, 0.25) is 0 Å². The van der Waals surface area contributed by atoms with Crippen LogP contribution in [0.1, 0.15) is 82.0 Å². The van der Waals surface area contributed by atoms with Gasteiger partial charge in [-0.05, 0) is 71.9 Å². The van der Waals surface area contributed by atoms with Crippen molar-refractivity contribution >= 4 is 40.4 Å². The van der Waals surface area contributed by atoms with Gasteiger partial charge in [-0.2, -0.15) is 5.26 Å². The van der Waals surface area contributed by atoms with Crippen LogP contribution in [0.4, 0.5) is 15.7 Å². The second kappa shape index (κ2) is 12.0. The molecule has 1 N–H and O–H groups in total. The molecule has 2 aliphatic heterocycles. The fraction of sp³-hybridized carbons (Fsp3) is 0.613. The van der Waals surface area contributed by atoms with E-state index in [9.17, 15) is 15.2 Å². The third-order valence-electron chi connectivity index (χ3n) is 8.26. The van der Waals surface area contributed by atoms with Gasteiger partial charge < -0.3 is 29.4 Å². The Morgan fingerprint density at radius 1 is 1.34 bits per heavy atom. The van der Waals surface area contributed by atoms with Crippen LogP contribution in [-0.2, 0) is 27.2 Å². The molecule has 1 fully saturated rings. The molecule has 3 aliphatic rings. The van der Waals surface area contributed by atoms with E-state index in [0.29, 0.717) is 54.0 Å². The number of anilines is 1. The molecular weight excluding hydrogens is 580 g/mol. The first-order valence-electron chi connectivity index (χ1n) is 15.1. The number of nitrogens with zero attached hydrogens (tertiary/aromatic N) is 8. The predicted molar refractivity (Wildman–Crippen MR) is 169 cm³/mol. The van der Waals surface area contributed by atoms with Gasteiger partial charge in [-0.1, -0.05) is 5.16 Å². The van der Waals surface area contributed by atoms with Crippen LogP contribution in [0, 0.1) is 11.3 Å². The van der Waals surface area contributed by atoms with E-state index in [4.69, 9.17) is 14.6 Å². The summed E-state index contributed by atoms with van der Waals surface area (Å²) in [5, 5.41) is 27.1. The third kappa shape index (κ3) is 6.23. The molecule has 1 saturated heterocycles. The summed E-state index contributed by atoms with van der Waals surface area (Å²) in [6.07, 6.45) is 6.38. The van der Waals surface area contributed by atoms with Gasteiger partial charge in [0.2, 0.25) is 5.95 Å². The van der Waals surface area contributed by atoms with Crippen molar-refractivity contribution in [1.29, 1.82) is 5.26 Å². The number of hydrogen-bond acceptors (Lipinski definition) is 11. The highest BCUT2D eigenvalue weighted by Crippen LogP contribution is 2.50. The first-order valence-corrected chi connectivity index (χ1v) is 15.9. The summed E-state index contributed by atoms with van der Waals surface area (Å²) in [5.41, 5.74) is 1.32. The number of carbonyl (C=O) groups is 1. The fourth-order valence-electron chi connectivity index (χ4n) is 6.11. The number of aliphatic hydroxyl groups is 1. The first-order chi connectivity index (χ1) is 20.7. The van der Waals surface area contributed by atoms with Gasteiger partial charge >= 0.3 is 6.09 Å². The van der Waals surface area contributed by atoms with Crippen LogP contribution < -0.4 is 4.90 Å². The Kier molecular flexibility index (Phi) is 8.61. The van der Waals surface area contributed by atoms with E-state index in [2.05, 4.69) is 28.1 Å². The van der Waals surface area contributed by atoms with E-state index in [0.717, 1.165) is 29.7 Å². The van der Waals surface area contributed by atoms with Crippen molar-refractivity contribution in [2.24, 2.45) is 10.1 Å². The highest BCUT2D eigenvalue weighted by atomic mass is 32.1. The Morgan fingerprint density at radius 3 is 2.82 bits per heavy atom. The zero-order valence-corrected chi connectivity index (χ0v) is 27.4. The second-order valence-corrected chi connectivity index (χ2v) is 14.3. The van der Waals surface area contributed by atoms with Gasteiger partial charge in [-0.3, -0.25) is 0 Å². The molecular formula is C31H42N8O4S. The SMILES string of the molecule is C[C@H]1CN(C(=O)OC(C)(C)C)CCCN1c1nccc(C2(O)CC([C@@]3(C)CCCc4sc(N=CN(C)C)c(C#N)c43)=NO2)n1. The second-order valence-electron chi connectivity index (χ2n) is 13.2. The topological polar surface area (TPSA) is 140 Å². The van der Waals surface area contributed by atoms with Crippen LogP contribution in [0.15, 0.2) is 22.4 Å². The van der Waals surface area contributed by atoms with Gasteiger partial charge in [0.15, 0.2) is 0 Å². The standard InChI is InChI=1S/C31H42N8O4S/c1-20-18-38(28(40)42-29(2,3)4)14-9-15-39(20)27-33-13-11-23(35-27)31(41)16-24(36-43-31)30(5)12-8-10-22-25(30)21(17-32)26(44-22)34-19-37(6)7/h11,13,19-20,41H,8-10,12,14-16,18H2,1-7H3/t20-,30+,31?/m0/s1. The molecule has 44 heavy (non-hydrogen) atoms. The molecule has 4 heterocycles. The lowest BCUT2D eigenvalue weighted by molar-refractivity contribution is -0.196. The van der Waals surface area contributed by atoms with Crippen molar-refractivity contribution in [3.05, 3.63) is 34.0 Å². The zero-order valence-electron chi connectivity index (χ0n) is 26.6. The summed E-state index contributed by atoms with van der Waals surface area (Å²) in [4.78, 5) is 39.1. The molecule has 0 aromatic carbocycles. The Balaban J connectivity index is 1.37. The average Bonchev–Trinajstić information content (AvgIpc) is 3.48. The van der Waals surface area contributed by atoms with Crippen molar-refractivity contribution in [3.63, 3.8) is 0 Å². The predicted octanol–water partition coefficient (Wildman–Crippen LogP) is 4.68. The molecule has 2 aromatic heterocycles. The molecule has 0 radical (unpaired) electrons. The van der Waals surface area contributed by atoms with E-state index in [1.54, 1.807) is 34.8 Å². The summed E-state index contributed by atoms with van der Waals surface area (Å²) >= 11 is 1.55. The Bertz CT molecular complexity index is 1510. The summed E-state index contributed by atoms with van der Waals surface area (Å²) in [5.74, 6) is -1.33. The van der Waals surface area contributed by atoms with E-state index in [-0.39, 0.29) is 18.6 Å². The minimum atomic E-state index is -1.78. The normalized spacial score (nSPS) is 25.6. The van der Waals surface area contributed by atoms with Gasteiger partial charge in [0.05, 0.1) is 24.0 Å². The molecule has 1 aliphatic carbocycles. The lowest BCUT2D eigenvalue weighted by Gasteiger charge is -2.34. The average molecular weight is 623 g/mol. The maximum Gasteiger partial charge on any atom is 0.410 e. The van der Waals surface area contributed by atoms with Crippen molar-refractivity contribution in [2.75, 3.05) is 38.6 Å². The zero-order chi connectivity index (χ0) is 31.9. The minimum absolute atomic E-state index is 0.0851. The smallest absolute Gasteiger partial charge is 0.410 e. The molecule has 0 spiro atoms. The number of ether oxygens (including phenoxy) is 1. The lowest BCUT2D eigenvalue weighted by Crippen LogP contribution is -2.44. The molecule has 0 bridgehead atoms. The van der Waals surface area contributed by atoms with Gasteiger partial charge in [-0.25, -0.2) is 19.8 Å². The molecule has 0 saturated carbocycles. The monoisotopic (exact) mass is 622 g/mol. The number of amides is 1. The minimum Gasteiger partial charge on any atom is -0.444 e. The number of aromatic nitrogens is 2. The van der Waals surface area contributed by atoms with Gasteiger partial charge in [-0.15, -0.1) is 11.3 Å². The number of aryl methyl sites for hydroxylation is 1. The van der Waals surface area contributed by atoms with Gasteiger partial charge in [0.25, 0.3) is 5.79 Å². The number of oxime groups is 1. The highest BCUT2D eigenvalue weighted by Gasteiger charge is 2.50. The first kappa shape index (κ1) is 31.7. The lowest BCUT2D eigenvalue weighted by atomic mass is 9.68. The summed E-state index contributed by atoms with van der Waals surface area (Å²) < 4.78 is 5.60. The Labute approximate surface area is 263 Å². The molecule has 2 aromatic rings. The van der Waals surface area contributed by atoms with Gasteiger partial charge in [0.1, 0.15) is 22.4 Å². The Morgan fingerprint density at radius 2 is 2.11 bits per heavy atom. The number of hydrogen-bond donors (Lipinski definition) is 1. The van der Waals surface area contributed by atoms with E-state index in [1.807, 2.05) is 51.6 Å². The number of aliphatic imine (C=N–C) groups is 1. The van der Waals surface area contributed by atoms with Crippen molar-refractivity contribution in [3.8, 4) is 6.07 Å². The number of fused-ring (bicyclic) bond motifs is 1. The van der Waals surface area contributed by atoms with Crippen molar-refractivity contribution in [1.82, 2.24) is 19.8 Å². The Hall–Kier alpha value is -3.76. The van der Waals surface area contributed by atoms with Crippen LogP contribution in [0.5, 0.6) is 0 Å². The van der Waals surface area contributed by atoms with E-state index < -0.39 is 16.8 Å². The van der Waals surface area contributed by atoms with Crippen LogP contribution in [0.25, 0.3) is 0 Å². The molecule has 12 nitrogen and oxygen atoms in total. The molecule has 3 atom stereocenters. The van der Waals surface area contributed by atoms with Crippen LogP contribution >= 0.6 is 11.3 Å². The summed E-state index contributed by atoms with van der Waals surface area (Å²) in [7, 11) is 3.78. The summed E-state index contributed by atoms with van der Waals surface area (Å²) in [6, 6.07) is 3.95. The number of carbonyl (C=O) groups excluding carboxylic acids is 1. The number of nitriles is 1. The quantitative estimate of drug-likeness (QED) is 0.372. The molecule has 1 unspecified atom stereocenters. The molecule has 5 rings (SSSR count). The maximum atomic E-state index is 12.8. The maximum absolute atomic E-state index is 12.8. The van der Waals surface area contributed by atoms with Crippen molar-refractivity contribution < 1.29 is 19.5 Å². The van der Waals surface area contributed by atoms with Gasteiger partial charge in [0, 0.05) is 56.3 Å². The molecule has 236 valence electrons. The largest absolute Gasteiger partial charge is 0.444 e. The third-order valence-corrected chi connectivity index (χ3v) is 9.42. The van der Waals surface area contributed by atoms with Crippen LogP contribution in [-0.4, -0.2) is 88.4 Å². The van der Waals surface area contributed by atoms with Crippen LogP contribution in [0.3, 0.4) is 0 Å². The van der Waals surface area contributed by atoms with Crippen molar-refractivity contribution in [2.45, 2.75) is 89.6 Å². The number of rotatable bonds is 5. The summed E-state index contributed by atoms with van der Waals surface area (Å²) in [6.45, 7) is 11.3. The van der Waals surface area contributed by atoms with E-state index in [1.165, 1.54) is 0 Å². The molecule has 13 heteroatoms. The van der Waals surface area contributed by atoms with E-state index >= 15 is 0 Å². The highest BCUT2D eigenvalue weighted by molar-refractivity contribution is 7.16. The number of thiophene rings is 1. The molecule has 1 amide bonds. The fourth-order valence-corrected chi connectivity index (χ4v) is 7.37.